The Kier molecular flexibility index (Phi) is 2.33. The SMILES string of the molecule is O=c1[nH]c2ccccc2c2c(=O)n3c(nc4ccccc43)sc12. The van der Waals surface area contributed by atoms with Crippen molar-refractivity contribution in [2.24, 2.45) is 0 Å². The Bertz CT molecular complexity index is 1360. The van der Waals surface area contributed by atoms with Crippen molar-refractivity contribution in [3.8, 4) is 0 Å². The molecule has 0 amide bonds. The average Bonchev–Trinajstić information content (AvgIpc) is 2.94. The summed E-state index contributed by atoms with van der Waals surface area (Å²) in [6, 6.07) is 14.8. The van der Waals surface area contributed by atoms with Gasteiger partial charge in [-0.05, 0) is 18.2 Å². The molecule has 1 N–H and O–H groups in total. The van der Waals surface area contributed by atoms with Crippen LogP contribution in [0.25, 0.3) is 37.0 Å². The van der Waals surface area contributed by atoms with Crippen molar-refractivity contribution in [2.75, 3.05) is 0 Å². The summed E-state index contributed by atoms with van der Waals surface area (Å²) >= 11 is 1.24. The molecule has 0 saturated heterocycles. The lowest BCUT2D eigenvalue weighted by Crippen LogP contribution is -2.16. The first-order chi connectivity index (χ1) is 11.2. The maximum atomic E-state index is 13.1. The monoisotopic (exact) mass is 319 g/mol. The van der Waals surface area contributed by atoms with Gasteiger partial charge in [0.25, 0.3) is 11.1 Å². The van der Waals surface area contributed by atoms with E-state index in [1.165, 1.54) is 11.3 Å². The predicted octanol–water partition coefficient (Wildman–Crippen LogP) is 2.90. The summed E-state index contributed by atoms with van der Waals surface area (Å²) in [5.41, 5.74) is 1.71. The molecule has 23 heavy (non-hydrogen) atoms. The Morgan fingerprint density at radius 1 is 1.00 bits per heavy atom. The topological polar surface area (TPSA) is 67.2 Å². The highest BCUT2D eigenvalue weighted by Gasteiger charge is 2.15. The Labute approximate surface area is 132 Å². The van der Waals surface area contributed by atoms with Crippen LogP contribution in [0.5, 0.6) is 0 Å². The van der Waals surface area contributed by atoms with E-state index in [1.54, 1.807) is 10.5 Å². The van der Waals surface area contributed by atoms with Crippen LogP contribution in [0.2, 0.25) is 0 Å². The predicted molar refractivity (Wildman–Crippen MR) is 92.5 cm³/mol. The maximum Gasteiger partial charge on any atom is 0.267 e. The molecule has 0 bridgehead atoms. The van der Waals surface area contributed by atoms with Gasteiger partial charge in [-0.2, -0.15) is 0 Å². The summed E-state index contributed by atoms with van der Waals surface area (Å²) in [4.78, 5) is 33.3. The maximum absolute atomic E-state index is 13.1. The first-order valence-electron chi connectivity index (χ1n) is 7.09. The Balaban J connectivity index is 2.19. The summed E-state index contributed by atoms with van der Waals surface area (Å²) in [5, 5.41) is 1.20. The van der Waals surface area contributed by atoms with Crippen molar-refractivity contribution in [3.63, 3.8) is 0 Å². The molecular weight excluding hydrogens is 310 g/mol. The Hall–Kier alpha value is -2.99. The molecule has 0 aliphatic carbocycles. The molecule has 0 aliphatic heterocycles. The number of para-hydroxylation sites is 3. The van der Waals surface area contributed by atoms with Crippen LogP contribution in [0.3, 0.4) is 0 Å². The first kappa shape index (κ1) is 12.5. The fraction of sp³-hybridized carbons (Fsp3) is 0. The molecule has 0 radical (unpaired) electrons. The van der Waals surface area contributed by atoms with Crippen molar-refractivity contribution >= 4 is 48.3 Å². The van der Waals surface area contributed by atoms with Crippen LogP contribution >= 0.6 is 11.3 Å². The van der Waals surface area contributed by atoms with Crippen LogP contribution in [0.15, 0.2) is 58.1 Å². The second kappa shape index (κ2) is 4.27. The number of nitrogens with zero attached hydrogens (tertiary/aromatic N) is 2. The summed E-state index contributed by atoms with van der Waals surface area (Å²) in [6.07, 6.45) is 0. The lowest BCUT2D eigenvalue weighted by atomic mass is 10.1. The zero-order valence-corrected chi connectivity index (χ0v) is 12.6. The number of hydrogen-bond donors (Lipinski definition) is 1. The zero-order valence-electron chi connectivity index (χ0n) is 11.7. The quantitative estimate of drug-likeness (QED) is 0.446. The molecule has 0 atom stereocenters. The van der Waals surface area contributed by atoms with Crippen LogP contribution in [-0.2, 0) is 0 Å². The molecule has 5 nitrogen and oxygen atoms in total. The fourth-order valence-corrected chi connectivity index (χ4v) is 4.05. The fourth-order valence-electron chi connectivity index (χ4n) is 3.01. The number of rotatable bonds is 0. The minimum absolute atomic E-state index is 0.204. The van der Waals surface area contributed by atoms with Crippen LogP contribution in [0.4, 0.5) is 0 Å². The van der Waals surface area contributed by atoms with Gasteiger partial charge in [-0.25, -0.2) is 9.38 Å². The number of benzene rings is 2. The van der Waals surface area contributed by atoms with Crippen molar-refractivity contribution in [1.82, 2.24) is 14.4 Å². The largest absolute Gasteiger partial charge is 0.321 e. The number of fused-ring (bicyclic) bond motifs is 6. The van der Waals surface area contributed by atoms with Gasteiger partial charge in [0.2, 0.25) is 0 Å². The van der Waals surface area contributed by atoms with Gasteiger partial charge in [-0.3, -0.25) is 9.59 Å². The number of pyridine rings is 1. The zero-order chi connectivity index (χ0) is 15.6. The third-order valence-electron chi connectivity index (χ3n) is 4.02. The van der Waals surface area contributed by atoms with Gasteiger partial charge in [0.1, 0.15) is 4.70 Å². The van der Waals surface area contributed by atoms with Gasteiger partial charge in [0.05, 0.1) is 16.4 Å². The van der Waals surface area contributed by atoms with E-state index in [0.717, 1.165) is 16.4 Å². The highest BCUT2D eigenvalue weighted by atomic mass is 32.1. The van der Waals surface area contributed by atoms with Crippen LogP contribution in [0.1, 0.15) is 0 Å². The number of aromatic nitrogens is 3. The van der Waals surface area contributed by atoms with Crippen LogP contribution in [0, 0.1) is 0 Å². The minimum Gasteiger partial charge on any atom is -0.321 e. The number of imidazole rings is 1. The van der Waals surface area contributed by atoms with Gasteiger partial charge in [-0.1, -0.05) is 41.7 Å². The molecule has 5 aromatic rings. The Morgan fingerprint density at radius 3 is 2.70 bits per heavy atom. The molecular formula is C17H9N3O2S. The van der Waals surface area contributed by atoms with Crippen molar-refractivity contribution < 1.29 is 0 Å². The molecule has 5 rings (SSSR count). The molecule has 0 saturated carbocycles. The average molecular weight is 319 g/mol. The highest BCUT2D eigenvalue weighted by molar-refractivity contribution is 7.23. The number of nitrogens with one attached hydrogen (secondary N) is 1. The minimum atomic E-state index is -0.254. The molecule has 0 unspecified atom stereocenters. The van der Waals surface area contributed by atoms with E-state index in [9.17, 15) is 9.59 Å². The lowest BCUT2D eigenvalue weighted by molar-refractivity contribution is 1.20. The number of hydrogen-bond acceptors (Lipinski definition) is 4. The van der Waals surface area contributed by atoms with Crippen LogP contribution < -0.4 is 11.1 Å². The summed E-state index contributed by atoms with van der Waals surface area (Å²) in [5.74, 6) is 0. The molecule has 0 spiro atoms. The molecule has 3 heterocycles. The van der Waals surface area contributed by atoms with E-state index in [-0.39, 0.29) is 11.1 Å². The van der Waals surface area contributed by atoms with Crippen molar-refractivity contribution in [1.29, 1.82) is 0 Å². The van der Waals surface area contributed by atoms with Crippen molar-refractivity contribution in [2.45, 2.75) is 0 Å². The van der Waals surface area contributed by atoms with Gasteiger partial charge in [-0.15, -0.1) is 0 Å². The molecule has 110 valence electrons. The van der Waals surface area contributed by atoms with E-state index in [1.807, 2.05) is 42.5 Å². The normalized spacial score (nSPS) is 11.8. The molecule has 0 fully saturated rings. The summed E-state index contributed by atoms with van der Waals surface area (Å²) in [7, 11) is 0. The highest BCUT2D eigenvalue weighted by Crippen LogP contribution is 2.25. The smallest absolute Gasteiger partial charge is 0.267 e. The second-order valence-corrected chi connectivity index (χ2v) is 6.31. The van der Waals surface area contributed by atoms with E-state index in [0.29, 0.717) is 20.6 Å². The summed E-state index contributed by atoms with van der Waals surface area (Å²) in [6.45, 7) is 0. The summed E-state index contributed by atoms with van der Waals surface area (Å²) < 4.78 is 2.00. The van der Waals surface area contributed by atoms with E-state index in [4.69, 9.17) is 0 Å². The standard InChI is InChI=1S/C17H9N3O2S/c21-15-14-13(9-5-1-2-6-10(9)18-15)16(22)20-12-8-4-3-7-11(12)19-17(20)23-14/h1-8H,(H,18,21). The first-order valence-corrected chi connectivity index (χ1v) is 7.91. The molecule has 0 aliphatic rings. The molecule has 6 heteroatoms. The number of H-pyrrole nitrogens is 1. The van der Waals surface area contributed by atoms with Gasteiger partial charge in [0.15, 0.2) is 4.96 Å². The van der Waals surface area contributed by atoms with Gasteiger partial charge in [0, 0.05) is 10.9 Å². The van der Waals surface area contributed by atoms with Crippen LogP contribution in [-0.4, -0.2) is 14.4 Å². The van der Waals surface area contributed by atoms with Gasteiger partial charge >= 0.3 is 0 Å². The van der Waals surface area contributed by atoms with E-state index >= 15 is 0 Å². The van der Waals surface area contributed by atoms with E-state index in [2.05, 4.69) is 9.97 Å². The lowest BCUT2D eigenvalue weighted by Gasteiger charge is -2.03. The third-order valence-corrected chi connectivity index (χ3v) is 5.07. The van der Waals surface area contributed by atoms with Crippen molar-refractivity contribution in [3.05, 3.63) is 69.2 Å². The second-order valence-electron chi connectivity index (χ2n) is 5.33. The molecule has 2 aromatic carbocycles. The molecule has 3 aromatic heterocycles. The van der Waals surface area contributed by atoms with Gasteiger partial charge < -0.3 is 4.98 Å². The number of aromatic amines is 1. The third kappa shape index (κ3) is 1.58. The Morgan fingerprint density at radius 2 is 1.78 bits per heavy atom. The van der Waals surface area contributed by atoms with E-state index < -0.39 is 0 Å².